The quantitative estimate of drug-likeness (QED) is 0.714. The van der Waals surface area contributed by atoms with Gasteiger partial charge < -0.3 is 4.90 Å². The highest BCUT2D eigenvalue weighted by molar-refractivity contribution is 5.81. The minimum absolute atomic E-state index is 0.328. The van der Waals surface area contributed by atoms with E-state index in [0.29, 0.717) is 11.7 Å². The third kappa shape index (κ3) is 3.81. The van der Waals surface area contributed by atoms with Crippen molar-refractivity contribution in [2.75, 3.05) is 13.6 Å². The zero-order valence-electron chi connectivity index (χ0n) is 12.2. The lowest BCUT2D eigenvalue weighted by atomic mass is 9.85. The van der Waals surface area contributed by atoms with Crippen molar-refractivity contribution >= 4 is 5.78 Å². The van der Waals surface area contributed by atoms with Crippen LogP contribution in [0, 0.1) is 11.8 Å². The smallest absolute Gasteiger partial charge is 0.137 e. The van der Waals surface area contributed by atoms with Gasteiger partial charge in [-0.05, 0) is 38.6 Å². The summed E-state index contributed by atoms with van der Waals surface area (Å²) in [6.07, 6.45) is 11.0. The van der Waals surface area contributed by atoms with Gasteiger partial charge in [0.1, 0.15) is 5.78 Å². The molecular formula is C16H29NO. The maximum absolute atomic E-state index is 12.1. The number of Topliss-reactive ketones (excluding diaryl/α,β-unsaturated/α-hetero) is 1. The maximum atomic E-state index is 12.1. The highest BCUT2D eigenvalue weighted by Crippen LogP contribution is 2.28. The summed E-state index contributed by atoms with van der Waals surface area (Å²) in [5.41, 5.74) is 0. The topological polar surface area (TPSA) is 20.3 Å². The van der Waals surface area contributed by atoms with Gasteiger partial charge in [-0.15, -0.1) is 0 Å². The molecule has 2 aliphatic rings. The highest BCUT2D eigenvalue weighted by Gasteiger charge is 2.27. The second kappa shape index (κ2) is 6.70. The number of hydrogen-bond donors (Lipinski definition) is 0. The van der Waals surface area contributed by atoms with Crippen LogP contribution in [0.25, 0.3) is 0 Å². The van der Waals surface area contributed by atoms with Crippen LogP contribution in [0.1, 0.15) is 64.7 Å². The number of nitrogens with zero attached hydrogens (tertiary/aromatic N) is 1. The molecular weight excluding hydrogens is 222 g/mol. The molecule has 2 nitrogen and oxygen atoms in total. The van der Waals surface area contributed by atoms with Crippen molar-refractivity contribution in [3.8, 4) is 0 Å². The Morgan fingerprint density at radius 3 is 2.72 bits per heavy atom. The van der Waals surface area contributed by atoms with Gasteiger partial charge in [0, 0.05) is 24.9 Å². The number of hydrogen-bond acceptors (Lipinski definition) is 2. The highest BCUT2D eigenvalue weighted by atomic mass is 16.1. The van der Waals surface area contributed by atoms with Crippen molar-refractivity contribution < 1.29 is 4.79 Å². The van der Waals surface area contributed by atoms with E-state index in [0.717, 1.165) is 37.8 Å². The van der Waals surface area contributed by atoms with E-state index in [2.05, 4.69) is 18.9 Å². The fourth-order valence-electron chi connectivity index (χ4n) is 3.72. The predicted octanol–water partition coefficient (Wildman–Crippen LogP) is 3.65. The molecule has 0 N–H and O–H groups in total. The normalized spacial score (nSPS) is 34.6. The molecule has 2 heteroatoms. The third-order valence-corrected chi connectivity index (χ3v) is 4.97. The average Bonchev–Trinajstić information content (AvgIpc) is 2.55. The number of rotatable bonds is 3. The Balaban J connectivity index is 1.85. The zero-order chi connectivity index (χ0) is 13.0. The second-order valence-corrected chi connectivity index (χ2v) is 6.63. The van der Waals surface area contributed by atoms with Gasteiger partial charge in [-0.2, -0.15) is 0 Å². The molecule has 2 saturated carbocycles. The predicted molar refractivity (Wildman–Crippen MR) is 75.6 cm³/mol. The van der Waals surface area contributed by atoms with E-state index >= 15 is 0 Å². The van der Waals surface area contributed by atoms with Gasteiger partial charge in [0.2, 0.25) is 0 Å². The molecule has 18 heavy (non-hydrogen) atoms. The molecule has 3 unspecified atom stereocenters. The van der Waals surface area contributed by atoms with Crippen LogP contribution in [-0.4, -0.2) is 30.3 Å². The summed E-state index contributed by atoms with van der Waals surface area (Å²) in [5, 5.41) is 0. The minimum atomic E-state index is 0.328. The average molecular weight is 251 g/mol. The van der Waals surface area contributed by atoms with Crippen LogP contribution in [0.2, 0.25) is 0 Å². The van der Waals surface area contributed by atoms with Crippen LogP contribution in [0.5, 0.6) is 0 Å². The second-order valence-electron chi connectivity index (χ2n) is 6.63. The fourth-order valence-corrected chi connectivity index (χ4v) is 3.72. The summed E-state index contributed by atoms with van der Waals surface area (Å²) >= 11 is 0. The van der Waals surface area contributed by atoms with Crippen molar-refractivity contribution in [1.82, 2.24) is 4.90 Å². The SMILES string of the molecule is CC1CCCC(N(C)CC2CCCCCC2=O)C1. The lowest BCUT2D eigenvalue weighted by Crippen LogP contribution is -2.40. The first-order valence-electron chi connectivity index (χ1n) is 7.89. The van der Waals surface area contributed by atoms with Crippen LogP contribution in [0.15, 0.2) is 0 Å². The molecule has 2 rings (SSSR count). The minimum Gasteiger partial charge on any atom is -0.303 e. The van der Waals surface area contributed by atoms with Crippen molar-refractivity contribution in [2.24, 2.45) is 11.8 Å². The molecule has 0 amide bonds. The van der Waals surface area contributed by atoms with Crippen molar-refractivity contribution in [3.63, 3.8) is 0 Å². The number of carbonyl (C=O) groups is 1. The van der Waals surface area contributed by atoms with Crippen LogP contribution < -0.4 is 0 Å². The molecule has 0 radical (unpaired) electrons. The molecule has 0 aromatic heterocycles. The van der Waals surface area contributed by atoms with Gasteiger partial charge in [-0.25, -0.2) is 0 Å². The Hall–Kier alpha value is -0.370. The third-order valence-electron chi connectivity index (χ3n) is 4.97. The van der Waals surface area contributed by atoms with Gasteiger partial charge in [0.15, 0.2) is 0 Å². The lowest BCUT2D eigenvalue weighted by molar-refractivity contribution is -0.123. The molecule has 0 aliphatic heterocycles. The summed E-state index contributed by atoms with van der Waals surface area (Å²) in [6, 6.07) is 0.727. The lowest BCUT2D eigenvalue weighted by Gasteiger charge is -2.35. The van der Waals surface area contributed by atoms with Crippen molar-refractivity contribution in [3.05, 3.63) is 0 Å². The van der Waals surface area contributed by atoms with Gasteiger partial charge in [0.25, 0.3) is 0 Å². The fraction of sp³-hybridized carbons (Fsp3) is 0.938. The Labute approximate surface area is 112 Å². The molecule has 3 atom stereocenters. The molecule has 0 spiro atoms. The van der Waals surface area contributed by atoms with E-state index in [4.69, 9.17) is 0 Å². The summed E-state index contributed by atoms with van der Waals surface area (Å²) in [6.45, 7) is 3.38. The molecule has 2 aliphatic carbocycles. The summed E-state index contributed by atoms with van der Waals surface area (Å²) < 4.78 is 0. The zero-order valence-corrected chi connectivity index (χ0v) is 12.2. The number of ketones is 1. The van der Waals surface area contributed by atoms with Gasteiger partial charge >= 0.3 is 0 Å². The van der Waals surface area contributed by atoms with E-state index in [-0.39, 0.29) is 0 Å². The largest absolute Gasteiger partial charge is 0.303 e. The van der Waals surface area contributed by atoms with E-state index in [1.807, 2.05) is 0 Å². The standard InChI is InChI=1S/C16H29NO/c1-13-7-6-9-15(11-13)17(2)12-14-8-4-3-5-10-16(14)18/h13-15H,3-12H2,1-2H3. The monoisotopic (exact) mass is 251 g/mol. The van der Waals surface area contributed by atoms with E-state index in [1.54, 1.807) is 0 Å². The molecule has 0 aromatic carbocycles. The molecule has 104 valence electrons. The van der Waals surface area contributed by atoms with Crippen LogP contribution in [0.4, 0.5) is 0 Å². The summed E-state index contributed by atoms with van der Waals surface area (Å²) in [5.74, 6) is 1.73. The molecule has 0 saturated heterocycles. The van der Waals surface area contributed by atoms with Gasteiger partial charge in [-0.3, -0.25) is 4.79 Å². The Kier molecular flexibility index (Phi) is 5.23. The van der Waals surface area contributed by atoms with Crippen LogP contribution in [-0.2, 0) is 4.79 Å². The van der Waals surface area contributed by atoms with Gasteiger partial charge in [-0.1, -0.05) is 32.6 Å². The molecule has 0 bridgehead atoms. The first-order chi connectivity index (χ1) is 8.66. The Morgan fingerprint density at radius 1 is 1.11 bits per heavy atom. The first kappa shape index (κ1) is 14.0. The molecule has 0 aromatic rings. The molecule has 2 fully saturated rings. The maximum Gasteiger partial charge on any atom is 0.137 e. The van der Waals surface area contributed by atoms with E-state index < -0.39 is 0 Å². The molecule has 0 heterocycles. The van der Waals surface area contributed by atoms with Crippen LogP contribution >= 0.6 is 0 Å². The van der Waals surface area contributed by atoms with E-state index in [9.17, 15) is 4.79 Å². The van der Waals surface area contributed by atoms with Crippen molar-refractivity contribution in [1.29, 1.82) is 0 Å². The number of carbonyl (C=O) groups excluding carboxylic acids is 1. The van der Waals surface area contributed by atoms with E-state index in [1.165, 1.54) is 38.5 Å². The Morgan fingerprint density at radius 2 is 1.94 bits per heavy atom. The van der Waals surface area contributed by atoms with Crippen LogP contribution in [0.3, 0.4) is 0 Å². The first-order valence-corrected chi connectivity index (χ1v) is 7.89. The Bertz CT molecular complexity index is 276. The summed E-state index contributed by atoms with van der Waals surface area (Å²) in [7, 11) is 2.24. The van der Waals surface area contributed by atoms with Gasteiger partial charge in [0.05, 0.1) is 0 Å². The van der Waals surface area contributed by atoms with Crippen molar-refractivity contribution in [2.45, 2.75) is 70.8 Å². The summed E-state index contributed by atoms with van der Waals surface area (Å²) in [4.78, 5) is 14.6.